The van der Waals surface area contributed by atoms with Crippen LogP contribution in [-0.4, -0.2) is 69.5 Å². The number of carbonyl (C=O) groups is 1. The van der Waals surface area contributed by atoms with Crippen molar-refractivity contribution in [3.63, 3.8) is 0 Å². The van der Waals surface area contributed by atoms with Gasteiger partial charge in [-0.15, -0.1) is 0 Å². The number of pyridine rings is 1. The molecule has 0 radical (unpaired) electrons. The highest BCUT2D eigenvalue weighted by Gasteiger charge is 2.19. The van der Waals surface area contributed by atoms with Crippen LogP contribution in [0.15, 0.2) is 30.7 Å². The zero-order chi connectivity index (χ0) is 19.9. The van der Waals surface area contributed by atoms with Gasteiger partial charge in [0.15, 0.2) is 0 Å². The van der Waals surface area contributed by atoms with Crippen LogP contribution in [0.1, 0.15) is 42.9 Å². The lowest BCUT2D eigenvalue weighted by Crippen LogP contribution is -2.32. The van der Waals surface area contributed by atoms with Crippen LogP contribution in [0.4, 0.5) is 5.82 Å². The van der Waals surface area contributed by atoms with Crippen LogP contribution in [0.5, 0.6) is 0 Å². The summed E-state index contributed by atoms with van der Waals surface area (Å²) in [6, 6.07) is 3.89. The molecule has 0 unspecified atom stereocenters. The summed E-state index contributed by atoms with van der Waals surface area (Å²) < 4.78 is 1.94. The number of amides is 1. The molecule has 152 valence electrons. The Bertz CT molecular complexity index is 757. The van der Waals surface area contributed by atoms with Crippen molar-refractivity contribution in [3.8, 4) is 0 Å². The Morgan fingerprint density at radius 2 is 2.00 bits per heavy atom. The van der Waals surface area contributed by atoms with E-state index in [1.165, 1.54) is 6.42 Å². The topological polar surface area (TPSA) is 57.5 Å². The lowest BCUT2D eigenvalue weighted by Gasteiger charge is -2.23. The van der Waals surface area contributed by atoms with Gasteiger partial charge in [0.05, 0.1) is 12.1 Å². The quantitative estimate of drug-likeness (QED) is 0.734. The van der Waals surface area contributed by atoms with E-state index < -0.39 is 0 Å². The van der Waals surface area contributed by atoms with Gasteiger partial charge in [-0.2, -0.15) is 0 Å². The zero-order valence-corrected chi connectivity index (χ0v) is 17.3. The maximum atomic E-state index is 12.9. The molecule has 7 nitrogen and oxygen atoms in total. The van der Waals surface area contributed by atoms with E-state index in [-0.39, 0.29) is 5.91 Å². The molecule has 0 atom stereocenters. The molecule has 0 saturated carbocycles. The summed E-state index contributed by atoms with van der Waals surface area (Å²) in [7, 11) is 1.94. The Balaban J connectivity index is 1.64. The molecule has 1 aliphatic rings. The van der Waals surface area contributed by atoms with Gasteiger partial charge in [0.2, 0.25) is 0 Å². The van der Waals surface area contributed by atoms with E-state index in [1.807, 2.05) is 36.9 Å². The predicted octanol–water partition coefficient (Wildman–Crippen LogP) is 2.40. The molecule has 2 aromatic heterocycles. The number of hydrogen-bond acceptors (Lipinski definition) is 5. The van der Waals surface area contributed by atoms with Gasteiger partial charge in [0, 0.05) is 51.8 Å². The molecule has 1 amide bonds. The largest absolute Gasteiger partial charge is 0.355 e. The fraction of sp³-hybridized carbons (Fsp3) is 0.571. The fourth-order valence-corrected chi connectivity index (χ4v) is 3.67. The molecular formula is C21H32N6O. The van der Waals surface area contributed by atoms with Crippen molar-refractivity contribution in [2.24, 2.45) is 7.05 Å². The molecule has 1 fully saturated rings. The fourth-order valence-electron chi connectivity index (χ4n) is 3.67. The van der Waals surface area contributed by atoms with Crippen molar-refractivity contribution in [3.05, 3.63) is 42.1 Å². The maximum absolute atomic E-state index is 12.9. The summed E-state index contributed by atoms with van der Waals surface area (Å²) in [5.41, 5.74) is 0.627. The summed E-state index contributed by atoms with van der Waals surface area (Å²) in [6.45, 7) is 10.7. The molecule has 1 aliphatic heterocycles. The summed E-state index contributed by atoms with van der Waals surface area (Å²) >= 11 is 0. The molecule has 3 heterocycles. The number of anilines is 1. The summed E-state index contributed by atoms with van der Waals surface area (Å²) in [6.07, 6.45) is 7.71. The van der Waals surface area contributed by atoms with Crippen LogP contribution in [0, 0.1) is 0 Å². The van der Waals surface area contributed by atoms with Gasteiger partial charge in [-0.25, -0.2) is 9.97 Å². The van der Waals surface area contributed by atoms with Gasteiger partial charge >= 0.3 is 0 Å². The molecule has 2 aromatic rings. The van der Waals surface area contributed by atoms with Crippen LogP contribution in [0.3, 0.4) is 0 Å². The number of carbonyl (C=O) groups excluding carboxylic acids is 1. The smallest absolute Gasteiger partial charge is 0.255 e. The molecule has 7 heteroatoms. The molecule has 0 spiro atoms. The van der Waals surface area contributed by atoms with E-state index in [2.05, 4.69) is 26.7 Å². The second-order valence-corrected chi connectivity index (χ2v) is 7.36. The van der Waals surface area contributed by atoms with Crippen LogP contribution in [-0.2, 0) is 13.6 Å². The van der Waals surface area contributed by atoms with Crippen LogP contribution in [0.2, 0.25) is 0 Å². The van der Waals surface area contributed by atoms with Gasteiger partial charge < -0.3 is 19.3 Å². The van der Waals surface area contributed by atoms with Crippen LogP contribution >= 0.6 is 0 Å². The van der Waals surface area contributed by atoms with E-state index in [4.69, 9.17) is 0 Å². The average Bonchev–Trinajstić information content (AvgIpc) is 2.97. The first kappa shape index (κ1) is 20.3. The van der Waals surface area contributed by atoms with Gasteiger partial charge in [0.25, 0.3) is 5.91 Å². The summed E-state index contributed by atoms with van der Waals surface area (Å²) in [5.74, 6) is 1.83. The van der Waals surface area contributed by atoms with Crippen molar-refractivity contribution in [1.82, 2.24) is 24.3 Å². The molecule has 28 heavy (non-hydrogen) atoms. The third-order valence-corrected chi connectivity index (χ3v) is 5.37. The van der Waals surface area contributed by atoms with Crippen molar-refractivity contribution < 1.29 is 4.79 Å². The number of aryl methyl sites for hydroxylation is 1. The average molecular weight is 385 g/mol. The summed E-state index contributed by atoms with van der Waals surface area (Å²) in [5, 5.41) is 0. The number of imidazole rings is 1. The highest BCUT2D eigenvalue weighted by Crippen LogP contribution is 2.16. The van der Waals surface area contributed by atoms with E-state index in [0.29, 0.717) is 18.7 Å². The van der Waals surface area contributed by atoms with Crippen LogP contribution in [0.25, 0.3) is 0 Å². The summed E-state index contributed by atoms with van der Waals surface area (Å²) in [4.78, 5) is 28.5. The van der Waals surface area contributed by atoms with Crippen molar-refractivity contribution in [2.75, 3.05) is 44.2 Å². The van der Waals surface area contributed by atoms with Gasteiger partial charge in [-0.05, 0) is 45.0 Å². The zero-order valence-electron chi connectivity index (χ0n) is 17.3. The monoisotopic (exact) mass is 384 g/mol. The lowest BCUT2D eigenvalue weighted by molar-refractivity contribution is 0.0747. The first-order chi connectivity index (χ1) is 13.6. The van der Waals surface area contributed by atoms with Gasteiger partial charge in [-0.3, -0.25) is 4.79 Å². The van der Waals surface area contributed by atoms with Gasteiger partial charge in [0.1, 0.15) is 11.6 Å². The van der Waals surface area contributed by atoms with E-state index in [1.54, 1.807) is 17.3 Å². The molecule has 3 rings (SSSR count). The Kier molecular flexibility index (Phi) is 7.03. The van der Waals surface area contributed by atoms with Crippen molar-refractivity contribution in [1.29, 1.82) is 0 Å². The Morgan fingerprint density at radius 3 is 2.64 bits per heavy atom. The minimum Gasteiger partial charge on any atom is -0.355 e. The Hall–Kier alpha value is -2.41. The normalized spacial score (nSPS) is 15.5. The maximum Gasteiger partial charge on any atom is 0.255 e. The minimum absolute atomic E-state index is 0.00506. The first-order valence-corrected chi connectivity index (χ1v) is 10.3. The van der Waals surface area contributed by atoms with E-state index >= 15 is 0 Å². The van der Waals surface area contributed by atoms with Crippen molar-refractivity contribution >= 4 is 11.7 Å². The third kappa shape index (κ3) is 4.90. The number of aromatic nitrogens is 3. The number of hydrogen-bond donors (Lipinski definition) is 0. The van der Waals surface area contributed by atoms with E-state index in [0.717, 1.165) is 50.8 Å². The second-order valence-electron chi connectivity index (χ2n) is 7.36. The molecular weight excluding hydrogens is 352 g/mol. The highest BCUT2D eigenvalue weighted by atomic mass is 16.2. The SMILES string of the molecule is CCCN1CCCN(c2ccc(C(=O)N(CC)Cc3nccn3C)cn2)CC1. The third-order valence-electron chi connectivity index (χ3n) is 5.37. The van der Waals surface area contributed by atoms with Crippen LogP contribution < -0.4 is 4.90 Å². The highest BCUT2D eigenvalue weighted by molar-refractivity contribution is 5.94. The lowest BCUT2D eigenvalue weighted by atomic mass is 10.2. The number of rotatable bonds is 7. The molecule has 1 saturated heterocycles. The van der Waals surface area contributed by atoms with E-state index in [9.17, 15) is 4.79 Å². The first-order valence-electron chi connectivity index (χ1n) is 10.3. The van der Waals surface area contributed by atoms with Gasteiger partial charge in [-0.1, -0.05) is 6.92 Å². The molecule has 0 aliphatic carbocycles. The predicted molar refractivity (Wildman–Crippen MR) is 111 cm³/mol. The Morgan fingerprint density at radius 1 is 1.14 bits per heavy atom. The Labute approximate surface area is 168 Å². The molecule has 0 N–H and O–H groups in total. The molecule has 0 aromatic carbocycles. The second kappa shape index (κ2) is 9.68. The van der Waals surface area contributed by atoms with Crippen molar-refractivity contribution in [2.45, 2.75) is 33.2 Å². The standard InChI is InChI=1S/C21H32N6O/c1-4-10-25-11-6-12-27(15-14-25)19-8-7-18(16-23-19)21(28)26(5-2)17-20-22-9-13-24(20)3/h7-9,13,16H,4-6,10-12,14-15,17H2,1-3H3. The number of nitrogens with zero attached hydrogens (tertiary/aromatic N) is 6. The molecule has 0 bridgehead atoms. The minimum atomic E-state index is -0.00506.